The van der Waals surface area contributed by atoms with E-state index < -0.39 is 76.8 Å². The zero-order valence-corrected chi connectivity index (χ0v) is 41.0. The summed E-state index contributed by atoms with van der Waals surface area (Å²) in [6.07, 6.45) is -0.600. The molecule has 2 aromatic heterocycles. The summed E-state index contributed by atoms with van der Waals surface area (Å²) in [5, 5.41) is 12.6. The molecule has 0 aliphatic carbocycles. The van der Waals surface area contributed by atoms with Gasteiger partial charge in [0.05, 0.1) is 31.9 Å². The van der Waals surface area contributed by atoms with Gasteiger partial charge >= 0.3 is 0 Å². The fraction of sp³-hybridized carbons (Fsp3) is 0.288. The van der Waals surface area contributed by atoms with Gasteiger partial charge in [-0.05, 0) is 86.6 Å². The van der Waals surface area contributed by atoms with E-state index in [4.69, 9.17) is 17.3 Å². The van der Waals surface area contributed by atoms with E-state index in [0.717, 1.165) is 44.6 Å². The van der Waals surface area contributed by atoms with E-state index in [1.165, 1.54) is 0 Å². The van der Waals surface area contributed by atoms with Gasteiger partial charge in [-0.2, -0.15) is 0 Å². The van der Waals surface area contributed by atoms with Gasteiger partial charge in [0.25, 0.3) is 0 Å². The van der Waals surface area contributed by atoms with Gasteiger partial charge in [-0.25, -0.2) is 4.98 Å². The second-order valence-corrected chi connectivity index (χ2v) is 20.6. The van der Waals surface area contributed by atoms with Gasteiger partial charge in [-0.1, -0.05) is 185 Å². The van der Waals surface area contributed by atoms with Crippen molar-refractivity contribution in [1.82, 2.24) is 14.5 Å². The Bertz CT molecular complexity index is 3520. The van der Waals surface area contributed by atoms with Crippen LogP contribution in [0.25, 0.3) is 72.7 Å². The first-order valence-electron chi connectivity index (χ1n) is 26.5. The largest absolute Gasteiger partial charge is 0.507 e. The van der Waals surface area contributed by atoms with Crippen LogP contribution in [0.5, 0.6) is 5.75 Å². The molecule has 0 fully saturated rings. The van der Waals surface area contributed by atoms with Gasteiger partial charge in [0.15, 0.2) is 0 Å². The van der Waals surface area contributed by atoms with Crippen molar-refractivity contribution in [2.75, 3.05) is 0 Å². The molecule has 4 nitrogen and oxygen atoms in total. The second-order valence-electron chi connectivity index (χ2n) is 20.6. The third-order valence-corrected chi connectivity index (χ3v) is 11.6. The smallest absolute Gasteiger partial charge is 0.148 e. The van der Waals surface area contributed by atoms with Crippen LogP contribution in [0.4, 0.5) is 0 Å². The molecule has 6 aromatic carbocycles. The Kier molecular flexibility index (Phi) is 9.29. The normalized spacial score (nSPS) is 14.8. The fourth-order valence-electron chi connectivity index (χ4n) is 7.91. The molecule has 2 heterocycles. The van der Waals surface area contributed by atoms with Gasteiger partial charge < -0.3 is 5.11 Å². The van der Waals surface area contributed by atoms with Crippen LogP contribution >= 0.6 is 0 Å². The van der Waals surface area contributed by atoms with E-state index in [1.54, 1.807) is 6.07 Å². The number of aromatic hydroxyl groups is 1. The first kappa shape index (κ1) is 34.8. The maximum absolute atomic E-state index is 12.6. The van der Waals surface area contributed by atoms with Crippen molar-refractivity contribution in [3.05, 3.63) is 167 Å². The van der Waals surface area contributed by atoms with Crippen LogP contribution in [0.1, 0.15) is 125 Å². The first-order valence-corrected chi connectivity index (χ1v) is 21.5. The number of nitrogens with zero attached hydrogens (tertiary/aromatic N) is 3. The first-order chi connectivity index (χ1) is 33.7. The number of aromatic nitrogens is 3. The SMILES string of the molecule is [2H]c1nc(-c2[c-]c(-c3cccc4c3nc(-c3cc(C(C)(C)C)cc(C(C)(C)C)c3O)n4-c3ccc(C(C)(C)C)cc3-c3ccccc3)cc(C(C)(C)C)c2)c([2H])c(-c2c([2H])c([2H])c([2H])c(C([2H])([2H])[2H])c2[2H])c1[2H].[Pt]. The molecule has 0 saturated heterocycles. The van der Waals surface area contributed by atoms with Crippen molar-refractivity contribution in [3.8, 4) is 67.5 Å². The van der Waals surface area contributed by atoms with Crippen LogP contribution in [0.3, 0.4) is 0 Å². The number of fused-ring (bicyclic) bond motifs is 1. The Labute approximate surface area is 410 Å². The number of pyridine rings is 1. The molecule has 64 heavy (non-hydrogen) atoms. The Morgan fingerprint density at radius 1 is 0.609 bits per heavy atom. The number of phenols is 1. The van der Waals surface area contributed by atoms with Crippen LogP contribution in [-0.4, -0.2) is 19.6 Å². The molecule has 0 bridgehead atoms. The van der Waals surface area contributed by atoms with E-state index in [2.05, 4.69) is 114 Å². The number of hydrogen-bond donors (Lipinski definition) is 1. The summed E-state index contributed by atoms with van der Waals surface area (Å²) in [6, 6.07) is 29.9. The number of benzene rings is 6. The number of phenolic OH excluding ortho intramolecular Hbond substituents is 1. The summed E-state index contributed by atoms with van der Waals surface area (Å²) in [5.41, 5.74) is 6.64. The van der Waals surface area contributed by atoms with Crippen LogP contribution < -0.4 is 0 Å². The van der Waals surface area contributed by atoms with E-state index >= 15 is 0 Å². The van der Waals surface area contributed by atoms with E-state index in [-0.39, 0.29) is 48.9 Å². The molecule has 0 aliphatic heterocycles. The minimum absolute atomic E-state index is 0. The summed E-state index contributed by atoms with van der Waals surface area (Å²) in [4.78, 5) is 10.00. The van der Waals surface area contributed by atoms with E-state index in [1.807, 2.05) is 69.3 Å². The van der Waals surface area contributed by atoms with Crippen LogP contribution in [0.2, 0.25) is 0 Å². The zero-order valence-electron chi connectivity index (χ0n) is 48.8. The maximum Gasteiger partial charge on any atom is 0.148 e. The van der Waals surface area contributed by atoms with E-state index in [0.29, 0.717) is 28.0 Å². The average Bonchev–Trinajstić information content (AvgIpc) is 3.68. The Morgan fingerprint density at radius 2 is 1.27 bits per heavy atom. The topological polar surface area (TPSA) is 50.9 Å². The minimum Gasteiger partial charge on any atom is -0.507 e. The minimum atomic E-state index is -3.02. The molecule has 0 spiro atoms. The molecule has 0 radical (unpaired) electrons. The van der Waals surface area contributed by atoms with Gasteiger partial charge in [-0.3, -0.25) is 9.55 Å². The van der Waals surface area contributed by atoms with Gasteiger partial charge in [0.1, 0.15) is 11.6 Å². The molecular formula is C59H62N3OPt-. The maximum atomic E-state index is 12.6. The van der Waals surface area contributed by atoms with Crippen molar-refractivity contribution in [3.63, 3.8) is 0 Å². The fourth-order valence-corrected chi connectivity index (χ4v) is 7.91. The predicted octanol–water partition coefficient (Wildman–Crippen LogP) is 15.8. The monoisotopic (exact) mass is 1030 g/mol. The quantitative estimate of drug-likeness (QED) is 0.169. The third kappa shape index (κ3) is 9.18. The Balaban J connectivity index is 0.00000800. The third-order valence-electron chi connectivity index (χ3n) is 11.6. The standard InChI is InChI=1S/C59H62N3O.Pt/c1-37-19-17-22-39(29-37)40-27-28-60-50(33-40)42-30-41(31-44(32-42)57(5,6)7)46-23-18-24-52-53(46)61-55(48-35-45(58(8,9)10)36-49(54(48)63)59(11,12)13)62(52)51-26-25-43(56(2,3)4)34-47(51)38-20-15-14-16-21-38;/h14-29,31-36,63H,1-13H3;/q-1;/i1D3,17D,19D,22D,27D,28D,29D,33D;. The molecule has 5 heteroatoms. The van der Waals surface area contributed by atoms with Crippen molar-refractivity contribution >= 4 is 11.0 Å². The molecule has 0 unspecified atom stereocenters. The average molecular weight is 1030 g/mol. The van der Waals surface area contributed by atoms with Gasteiger partial charge in [0, 0.05) is 48.2 Å². The van der Waals surface area contributed by atoms with Crippen molar-refractivity contribution < 1.29 is 39.9 Å². The molecule has 0 aliphatic rings. The summed E-state index contributed by atoms with van der Waals surface area (Å²) >= 11 is 0. The summed E-state index contributed by atoms with van der Waals surface area (Å²) in [5.74, 6) is 0.631. The van der Waals surface area contributed by atoms with Gasteiger partial charge in [0.2, 0.25) is 0 Å². The molecule has 8 rings (SSSR count). The van der Waals surface area contributed by atoms with E-state index in [9.17, 15) is 6.48 Å². The molecular weight excluding hydrogens is 962 g/mol. The summed E-state index contributed by atoms with van der Waals surface area (Å²) < 4.78 is 88.6. The second kappa shape index (κ2) is 17.1. The van der Waals surface area contributed by atoms with Crippen LogP contribution in [-0.2, 0) is 42.7 Å². The Hall–Kier alpha value is -5.57. The number of hydrogen-bond acceptors (Lipinski definition) is 3. The van der Waals surface area contributed by atoms with Crippen molar-refractivity contribution in [2.45, 2.75) is 112 Å². The number of rotatable bonds is 6. The van der Waals surface area contributed by atoms with Gasteiger partial charge in [-0.15, -0.1) is 29.3 Å². The molecule has 330 valence electrons. The van der Waals surface area contributed by atoms with Crippen LogP contribution in [0, 0.1) is 12.9 Å². The molecule has 0 atom stereocenters. The molecule has 0 amide bonds. The number of para-hydroxylation sites is 1. The Morgan fingerprint density at radius 3 is 1.94 bits per heavy atom. The van der Waals surface area contributed by atoms with Crippen LogP contribution in [0.15, 0.2) is 133 Å². The molecule has 1 N–H and O–H groups in total. The molecule has 8 aromatic rings. The predicted molar refractivity (Wildman–Crippen MR) is 266 cm³/mol. The summed E-state index contributed by atoms with van der Waals surface area (Å²) in [6.45, 7) is 22.3. The number of imidazole rings is 1. The van der Waals surface area contributed by atoms with Crippen molar-refractivity contribution in [2.24, 2.45) is 0 Å². The van der Waals surface area contributed by atoms with Crippen molar-refractivity contribution in [1.29, 1.82) is 0 Å². The zero-order chi connectivity index (χ0) is 53.8. The summed E-state index contributed by atoms with van der Waals surface area (Å²) in [7, 11) is 0. The molecule has 0 saturated carbocycles.